The fourth-order valence-electron chi connectivity index (χ4n) is 1.34. The van der Waals surface area contributed by atoms with Crippen LogP contribution in [0.15, 0.2) is 16.6 Å². The van der Waals surface area contributed by atoms with Crippen molar-refractivity contribution in [3.8, 4) is 5.75 Å². The average molecular weight is 382 g/mol. The molecule has 11 heteroatoms. The van der Waals surface area contributed by atoms with Crippen LogP contribution in [0.3, 0.4) is 0 Å². The molecule has 0 fully saturated rings. The highest BCUT2D eigenvalue weighted by Gasteiger charge is 2.43. The Morgan fingerprint density at radius 2 is 1.90 bits per heavy atom. The fraction of sp³-hybridized carbons (Fsp3) is 0.333. The number of aliphatic hydroxyl groups is 1. The molecule has 4 N–H and O–H groups in total. The van der Waals surface area contributed by atoms with Gasteiger partial charge in [-0.25, -0.2) is 0 Å². The van der Waals surface area contributed by atoms with E-state index in [1.807, 2.05) is 0 Å². The van der Waals surface area contributed by atoms with Crippen LogP contribution in [0.2, 0.25) is 0 Å². The van der Waals surface area contributed by atoms with Gasteiger partial charge >= 0.3 is 6.18 Å². The summed E-state index contributed by atoms with van der Waals surface area (Å²) in [5, 5.41) is 29.2. The maximum Gasteiger partial charge on any atom is 0.416 e. The van der Waals surface area contributed by atoms with E-state index in [9.17, 15) is 28.4 Å². The van der Waals surface area contributed by atoms with Crippen LogP contribution in [0, 0.1) is 10.1 Å². The molecule has 0 saturated carbocycles. The largest absolute Gasteiger partial charge is 0.506 e. The summed E-state index contributed by atoms with van der Waals surface area (Å²) in [6.07, 6.45) is -7.96. The summed E-state index contributed by atoms with van der Waals surface area (Å²) in [4.78, 5) is 9.72. The van der Waals surface area contributed by atoms with Gasteiger partial charge in [-0.3, -0.25) is 10.1 Å². The van der Waals surface area contributed by atoms with Crippen molar-refractivity contribution in [1.29, 1.82) is 0 Å². The van der Waals surface area contributed by atoms with E-state index in [2.05, 4.69) is 15.9 Å². The van der Waals surface area contributed by atoms with E-state index in [0.29, 0.717) is 6.07 Å². The molecule has 0 unspecified atom stereocenters. The van der Waals surface area contributed by atoms with E-state index >= 15 is 0 Å². The zero-order valence-electron chi connectivity index (χ0n) is 9.46. The van der Waals surface area contributed by atoms with Crippen molar-refractivity contribution in [3.05, 3.63) is 32.3 Å². The Bertz CT molecular complexity index is 515. The number of halogens is 5. The van der Waals surface area contributed by atoms with Gasteiger partial charge in [-0.2, -0.15) is 13.2 Å². The first-order valence-corrected chi connectivity index (χ1v) is 5.52. The van der Waals surface area contributed by atoms with E-state index in [4.69, 9.17) is 10.8 Å². The number of rotatable bonds is 3. The number of alkyl halides is 3. The van der Waals surface area contributed by atoms with Crippen molar-refractivity contribution in [1.82, 2.24) is 0 Å². The average Bonchev–Trinajstić information content (AvgIpc) is 2.29. The van der Waals surface area contributed by atoms with Crippen molar-refractivity contribution >= 4 is 34.0 Å². The van der Waals surface area contributed by atoms with Gasteiger partial charge in [0.15, 0.2) is 6.10 Å². The predicted molar refractivity (Wildman–Crippen MR) is 68.7 cm³/mol. The first-order chi connectivity index (χ1) is 8.55. The fourth-order valence-corrected chi connectivity index (χ4v) is 1.80. The van der Waals surface area contributed by atoms with Crippen LogP contribution in [0.5, 0.6) is 5.75 Å². The summed E-state index contributed by atoms with van der Waals surface area (Å²) < 4.78 is 36.8. The quantitative estimate of drug-likeness (QED) is 0.550. The van der Waals surface area contributed by atoms with E-state index in [-0.39, 0.29) is 16.9 Å². The molecule has 0 spiro atoms. The van der Waals surface area contributed by atoms with E-state index in [0.717, 1.165) is 6.07 Å². The molecule has 1 rings (SSSR count). The number of phenols is 1. The third-order valence-electron chi connectivity index (χ3n) is 2.32. The number of hydrogen-bond donors (Lipinski definition) is 3. The summed E-state index contributed by atoms with van der Waals surface area (Å²) in [5.41, 5.74) is 4.05. The normalized spacial score (nSPS) is 14.3. The van der Waals surface area contributed by atoms with Crippen LogP contribution in [0.1, 0.15) is 11.6 Å². The highest BCUT2D eigenvalue weighted by atomic mass is 79.9. The van der Waals surface area contributed by atoms with Gasteiger partial charge in [0, 0.05) is 17.7 Å². The maximum absolute atomic E-state index is 12.3. The van der Waals surface area contributed by atoms with Crippen LogP contribution >= 0.6 is 28.3 Å². The molecule has 0 aliphatic carbocycles. The van der Waals surface area contributed by atoms with Crippen molar-refractivity contribution in [2.45, 2.75) is 18.3 Å². The van der Waals surface area contributed by atoms with E-state index in [1.54, 1.807) is 0 Å². The minimum atomic E-state index is -5.01. The number of nitro benzene ring substituents is 1. The zero-order chi connectivity index (χ0) is 15.0. The lowest BCUT2D eigenvalue weighted by molar-refractivity contribution is -0.385. The molecule has 0 bridgehead atoms. The lowest BCUT2D eigenvalue weighted by Gasteiger charge is -2.22. The van der Waals surface area contributed by atoms with Crippen LogP contribution in [0.4, 0.5) is 18.9 Å². The van der Waals surface area contributed by atoms with Gasteiger partial charge in [0.2, 0.25) is 0 Å². The molecular weight excluding hydrogens is 372 g/mol. The van der Waals surface area contributed by atoms with Crippen molar-refractivity contribution in [2.24, 2.45) is 5.73 Å². The van der Waals surface area contributed by atoms with Crippen LogP contribution in [-0.4, -0.2) is 27.4 Å². The van der Waals surface area contributed by atoms with Gasteiger partial charge in [0.25, 0.3) is 5.69 Å². The van der Waals surface area contributed by atoms with Gasteiger partial charge in [0.1, 0.15) is 5.75 Å². The van der Waals surface area contributed by atoms with Gasteiger partial charge < -0.3 is 15.9 Å². The number of nitrogens with two attached hydrogens (primary N) is 1. The molecular formula is C9H9BrClF3N2O4. The molecule has 1 aromatic carbocycles. The van der Waals surface area contributed by atoms with Gasteiger partial charge in [-0.15, -0.1) is 12.4 Å². The first-order valence-electron chi connectivity index (χ1n) is 4.73. The van der Waals surface area contributed by atoms with Gasteiger partial charge in [-0.05, 0) is 15.9 Å². The summed E-state index contributed by atoms with van der Waals surface area (Å²) in [5.74, 6) is -0.693. The second kappa shape index (κ2) is 6.57. The first kappa shape index (κ1) is 18.9. The number of aliphatic hydroxyl groups excluding tert-OH is 1. The molecule has 0 aliphatic rings. The second-order valence-electron chi connectivity index (χ2n) is 3.63. The smallest absolute Gasteiger partial charge is 0.416 e. The van der Waals surface area contributed by atoms with Crippen molar-refractivity contribution in [3.63, 3.8) is 0 Å². The lowest BCUT2D eigenvalue weighted by Crippen LogP contribution is -2.38. The molecule has 0 aliphatic heterocycles. The Balaban J connectivity index is 0.00000361. The maximum atomic E-state index is 12.3. The number of benzene rings is 1. The highest BCUT2D eigenvalue weighted by Crippen LogP contribution is 2.38. The summed E-state index contributed by atoms with van der Waals surface area (Å²) in [7, 11) is 0. The SMILES string of the molecule is Cl.N[C@@H](c1cc([N+](=O)[O-])cc(Br)c1O)[C@H](O)C(F)(F)F. The molecule has 0 heterocycles. The number of hydrogen-bond acceptors (Lipinski definition) is 5. The number of non-ortho nitro benzene ring substituents is 1. The molecule has 0 radical (unpaired) electrons. The standard InChI is InChI=1S/C9H8BrF3N2O4.ClH/c10-5-2-3(15(18)19)1-4(7(5)16)6(14)8(17)9(11,12)13;/h1-2,6,8,16-17H,14H2;1H/t6-,8-;/m0./s1. The molecule has 0 aromatic heterocycles. The van der Waals surface area contributed by atoms with Gasteiger partial charge in [0.05, 0.1) is 15.4 Å². The van der Waals surface area contributed by atoms with Crippen LogP contribution in [0.25, 0.3) is 0 Å². The van der Waals surface area contributed by atoms with E-state index in [1.165, 1.54) is 0 Å². The monoisotopic (exact) mass is 380 g/mol. The van der Waals surface area contributed by atoms with Crippen LogP contribution in [-0.2, 0) is 0 Å². The Hall–Kier alpha value is -1.10. The summed E-state index contributed by atoms with van der Waals surface area (Å²) >= 11 is 2.76. The molecule has 0 saturated heterocycles. The number of nitro groups is 1. The minimum Gasteiger partial charge on any atom is -0.506 e. The molecule has 2 atom stereocenters. The predicted octanol–water partition coefficient (Wildman–Crippen LogP) is 2.41. The number of aromatic hydroxyl groups is 1. The summed E-state index contributed by atoms with van der Waals surface area (Å²) in [6.45, 7) is 0. The lowest BCUT2D eigenvalue weighted by atomic mass is 10.0. The highest BCUT2D eigenvalue weighted by molar-refractivity contribution is 9.10. The van der Waals surface area contributed by atoms with Crippen molar-refractivity contribution in [2.75, 3.05) is 0 Å². The molecule has 20 heavy (non-hydrogen) atoms. The Kier molecular flexibility index (Phi) is 6.21. The minimum absolute atomic E-state index is 0. The number of nitrogens with zero attached hydrogens (tertiary/aromatic N) is 1. The Labute approximate surface area is 125 Å². The Morgan fingerprint density at radius 1 is 1.40 bits per heavy atom. The topological polar surface area (TPSA) is 110 Å². The van der Waals surface area contributed by atoms with E-state index < -0.39 is 40.2 Å². The molecule has 6 nitrogen and oxygen atoms in total. The third kappa shape index (κ3) is 3.95. The second-order valence-corrected chi connectivity index (χ2v) is 4.49. The van der Waals surface area contributed by atoms with Gasteiger partial charge in [-0.1, -0.05) is 0 Å². The molecule has 0 amide bonds. The molecule has 114 valence electrons. The third-order valence-corrected chi connectivity index (χ3v) is 2.93. The van der Waals surface area contributed by atoms with Crippen LogP contribution < -0.4 is 5.73 Å². The number of phenolic OH excluding ortho intramolecular Hbond substituents is 1. The zero-order valence-corrected chi connectivity index (χ0v) is 11.9. The van der Waals surface area contributed by atoms with Crippen molar-refractivity contribution < 1.29 is 28.3 Å². The summed E-state index contributed by atoms with van der Waals surface area (Å²) in [6, 6.07) is -0.457. The Morgan fingerprint density at radius 3 is 2.30 bits per heavy atom. The molecule has 1 aromatic rings.